The van der Waals surface area contributed by atoms with Gasteiger partial charge in [-0.2, -0.15) is 0 Å². The summed E-state index contributed by atoms with van der Waals surface area (Å²) in [6, 6.07) is 5.67. The number of likely N-dealkylation sites (tertiary alicyclic amines) is 1. The molecule has 0 N–H and O–H groups in total. The van der Waals surface area contributed by atoms with Gasteiger partial charge < -0.3 is 4.74 Å². The zero-order valence-corrected chi connectivity index (χ0v) is 13.3. The van der Waals surface area contributed by atoms with Crippen molar-refractivity contribution in [1.82, 2.24) is 4.90 Å². The van der Waals surface area contributed by atoms with E-state index in [1.54, 1.807) is 7.11 Å². The van der Waals surface area contributed by atoms with Gasteiger partial charge in [0.2, 0.25) is 0 Å². The van der Waals surface area contributed by atoms with Gasteiger partial charge in [0.05, 0.1) is 7.11 Å². The molecule has 116 valence electrons. The highest BCUT2D eigenvalue weighted by molar-refractivity contribution is 5.75. The maximum atomic E-state index is 11.0. The van der Waals surface area contributed by atoms with Crippen LogP contribution in [0.15, 0.2) is 18.2 Å². The van der Waals surface area contributed by atoms with Crippen molar-refractivity contribution in [3.8, 4) is 5.75 Å². The van der Waals surface area contributed by atoms with Crippen LogP contribution in [0.3, 0.4) is 0 Å². The van der Waals surface area contributed by atoms with Gasteiger partial charge in [0.25, 0.3) is 0 Å². The molecule has 0 aliphatic carbocycles. The number of hydrogen-bond acceptors (Lipinski definition) is 3. The van der Waals surface area contributed by atoms with Gasteiger partial charge in [0.1, 0.15) is 12.0 Å². The highest BCUT2D eigenvalue weighted by Gasteiger charge is 2.17. The van der Waals surface area contributed by atoms with Gasteiger partial charge in [0.15, 0.2) is 0 Å². The van der Waals surface area contributed by atoms with Gasteiger partial charge >= 0.3 is 0 Å². The van der Waals surface area contributed by atoms with E-state index in [0.717, 1.165) is 48.7 Å². The average Bonchev–Trinajstić information content (AvgIpc) is 2.73. The molecule has 3 heteroatoms. The lowest BCUT2D eigenvalue weighted by atomic mass is 9.96. The molecule has 1 unspecified atom stereocenters. The van der Waals surface area contributed by atoms with Gasteiger partial charge in [-0.1, -0.05) is 19.8 Å². The molecule has 1 aliphatic rings. The summed E-state index contributed by atoms with van der Waals surface area (Å²) in [5, 5.41) is 0. The molecule has 0 amide bonds. The fraction of sp³-hybridized carbons (Fsp3) is 0.611. The Balaban J connectivity index is 2.02. The first-order valence-electron chi connectivity index (χ1n) is 8.11. The van der Waals surface area contributed by atoms with Crippen molar-refractivity contribution >= 4 is 6.29 Å². The molecule has 0 bridgehead atoms. The number of carbonyl (C=O) groups is 1. The van der Waals surface area contributed by atoms with Crippen molar-refractivity contribution < 1.29 is 9.53 Å². The van der Waals surface area contributed by atoms with Crippen LogP contribution in [0.4, 0.5) is 0 Å². The van der Waals surface area contributed by atoms with Crippen molar-refractivity contribution in [1.29, 1.82) is 0 Å². The smallest absolute Gasteiger partial charge is 0.150 e. The van der Waals surface area contributed by atoms with Crippen LogP contribution in [0.25, 0.3) is 0 Å². The molecule has 0 spiro atoms. The second-order valence-corrected chi connectivity index (χ2v) is 6.05. The first-order chi connectivity index (χ1) is 10.3. The van der Waals surface area contributed by atoms with Crippen molar-refractivity contribution in [3.63, 3.8) is 0 Å². The highest BCUT2D eigenvalue weighted by Crippen LogP contribution is 2.25. The minimum absolute atomic E-state index is 0.726. The lowest BCUT2D eigenvalue weighted by Crippen LogP contribution is -2.24. The first kappa shape index (κ1) is 16.0. The molecule has 1 saturated heterocycles. The number of aldehydes is 1. The van der Waals surface area contributed by atoms with E-state index >= 15 is 0 Å². The molecule has 1 atom stereocenters. The van der Waals surface area contributed by atoms with Crippen LogP contribution in [0, 0.1) is 5.92 Å². The summed E-state index contributed by atoms with van der Waals surface area (Å²) in [6.45, 7) is 5.45. The van der Waals surface area contributed by atoms with Crippen molar-refractivity contribution in [2.45, 2.75) is 45.6 Å². The standard InChI is InChI=1S/C18H27NO2/c1-3-5-15-6-4-10-19(11-9-15)13-17-12-16(14-20)7-8-18(17)21-2/h7-8,12,14-15H,3-6,9-11,13H2,1-2H3. The zero-order chi connectivity index (χ0) is 15.1. The molecular formula is C18H27NO2. The van der Waals surface area contributed by atoms with Crippen molar-refractivity contribution in [3.05, 3.63) is 29.3 Å². The summed E-state index contributed by atoms with van der Waals surface area (Å²) in [5.41, 5.74) is 1.85. The number of methoxy groups -OCH3 is 1. The third-order valence-corrected chi connectivity index (χ3v) is 4.47. The lowest BCUT2D eigenvalue weighted by Gasteiger charge is -2.21. The van der Waals surface area contributed by atoms with Crippen LogP contribution >= 0.6 is 0 Å². The van der Waals surface area contributed by atoms with E-state index in [1.165, 1.54) is 32.1 Å². The van der Waals surface area contributed by atoms with Crippen molar-refractivity contribution in [2.75, 3.05) is 20.2 Å². The molecule has 2 rings (SSSR count). The van der Waals surface area contributed by atoms with Crippen LogP contribution in [-0.4, -0.2) is 31.4 Å². The van der Waals surface area contributed by atoms with Crippen LogP contribution in [0.1, 0.15) is 54.9 Å². The molecule has 0 radical (unpaired) electrons. The summed E-state index contributed by atoms with van der Waals surface area (Å²) >= 11 is 0. The van der Waals surface area contributed by atoms with E-state index in [-0.39, 0.29) is 0 Å². The number of rotatable bonds is 6. The third kappa shape index (κ3) is 4.57. The normalized spacial score (nSPS) is 20.0. The average molecular weight is 289 g/mol. The maximum absolute atomic E-state index is 11.0. The van der Waals surface area contributed by atoms with Crippen LogP contribution in [-0.2, 0) is 6.54 Å². The molecular weight excluding hydrogens is 262 g/mol. The molecule has 1 aromatic rings. The number of carbonyl (C=O) groups excluding carboxylic acids is 1. The molecule has 1 aliphatic heterocycles. The highest BCUT2D eigenvalue weighted by atomic mass is 16.5. The third-order valence-electron chi connectivity index (χ3n) is 4.47. The largest absolute Gasteiger partial charge is 0.496 e. The van der Waals surface area contributed by atoms with Crippen LogP contribution < -0.4 is 4.74 Å². The lowest BCUT2D eigenvalue weighted by molar-refractivity contribution is 0.112. The Morgan fingerprint density at radius 1 is 1.33 bits per heavy atom. The summed E-state index contributed by atoms with van der Waals surface area (Å²) in [4.78, 5) is 13.5. The van der Waals surface area contributed by atoms with E-state index in [9.17, 15) is 4.79 Å². The fourth-order valence-electron chi connectivity index (χ4n) is 3.32. The molecule has 1 fully saturated rings. The summed E-state index contributed by atoms with van der Waals surface area (Å²) < 4.78 is 5.43. The number of ether oxygens (including phenoxy) is 1. The van der Waals surface area contributed by atoms with E-state index < -0.39 is 0 Å². The van der Waals surface area contributed by atoms with E-state index in [4.69, 9.17) is 4.74 Å². The second kappa shape index (κ2) is 8.18. The van der Waals surface area contributed by atoms with Gasteiger partial charge in [-0.3, -0.25) is 9.69 Å². The SMILES string of the molecule is CCCC1CCCN(Cc2cc(C=O)ccc2OC)CC1. The summed E-state index contributed by atoms with van der Waals surface area (Å²) in [5.74, 6) is 1.78. The van der Waals surface area contributed by atoms with Crippen molar-refractivity contribution in [2.24, 2.45) is 5.92 Å². The van der Waals surface area contributed by atoms with Gasteiger partial charge in [0, 0.05) is 17.7 Å². The Kier molecular flexibility index (Phi) is 6.24. The Morgan fingerprint density at radius 2 is 2.19 bits per heavy atom. The molecule has 21 heavy (non-hydrogen) atoms. The molecule has 3 nitrogen and oxygen atoms in total. The van der Waals surface area contributed by atoms with E-state index in [1.807, 2.05) is 18.2 Å². The summed E-state index contributed by atoms with van der Waals surface area (Å²) in [6.07, 6.45) is 7.49. The predicted octanol–water partition coefficient (Wildman–Crippen LogP) is 3.91. The maximum Gasteiger partial charge on any atom is 0.150 e. The monoisotopic (exact) mass is 289 g/mol. The number of hydrogen-bond donors (Lipinski definition) is 0. The molecule has 1 aromatic carbocycles. The second-order valence-electron chi connectivity index (χ2n) is 6.05. The molecule has 0 saturated carbocycles. The topological polar surface area (TPSA) is 29.5 Å². The first-order valence-corrected chi connectivity index (χ1v) is 8.11. The van der Waals surface area contributed by atoms with Crippen LogP contribution in [0.2, 0.25) is 0 Å². The summed E-state index contributed by atoms with van der Waals surface area (Å²) in [7, 11) is 1.69. The molecule has 1 heterocycles. The van der Waals surface area contributed by atoms with E-state index in [0.29, 0.717) is 0 Å². The van der Waals surface area contributed by atoms with E-state index in [2.05, 4.69) is 11.8 Å². The van der Waals surface area contributed by atoms with Gasteiger partial charge in [-0.05, 0) is 56.5 Å². The zero-order valence-electron chi connectivity index (χ0n) is 13.3. The minimum Gasteiger partial charge on any atom is -0.496 e. The fourth-order valence-corrected chi connectivity index (χ4v) is 3.32. The van der Waals surface area contributed by atoms with Gasteiger partial charge in [-0.25, -0.2) is 0 Å². The minimum atomic E-state index is 0.726. The number of nitrogens with zero attached hydrogens (tertiary/aromatic N) is 1. The Morgan fingerprint density at radius 3 is 2.90 bits per heavy atom. The quantitative estimate of drug-likeness (QED) is 0.744. The number of benzene rings is 1. The predicted molar refractivity (Wildman–Crippen MR) is 85.9 cm³/mol. The Bertz CT molecular complexity index is 459. The molecule has 0 aromatic heterocycles. The van der Waals surface area contributed by atoms with Crippen LogP contribution in [0.5, 0.6) is 5.75 Å². The Labute approximate surface area is 128 Å². The Hall–Kier alpha value is -1.35. The van der Waals surface area contributed by atoms with Gasteiger partial charge in [-0.15, -0.1) is 0 Å².